The third-order valence-electron chi connectivity index (χ3n) is 1.99. The Kier molecular flexibility index (Phi) is 6.51. The standard InChI is InChI=1S/C9H19NO4S/c1-10(6-3-5-9(11)12)7-4-8-15(2,13)14/h3-8H2,1-2H3,(H,11,12). The summed E-state index contributed by atoms with van der Waals surface area (Å²) in [6.45, 7) is 1.38. The van der Waals surface area contributed by atoms with Crippen molar-refractivity contribution in [2.75, 3.05) is 32.1 Å². The zero-order valence-electron chi connectivity index (χ0n) is 9.27. The third-order valence-corrected chi connectivity index (χ3v) is 3.02. The van der Waals surface area contributed by atoms with Gasteiger partial charge in [-0.1, -0.05) is 0 Å². The van der Waals surface area contributed by atoms with Crippen LogP contribution < -0.4 is 0 Å². The van der Waals surface area contributed by atoms with Gasteiger partial charge in [-0.05, 0) is 33.0 Å². The van der Waals surface area contributed by atoms with Crippen molar-refractivity contribution in [2.45, 2.75) is 19.3 Å². The molecule has 0 amide bonds. The second-order valence-corrected chi connectivity index (χ2v) is 6.04. The van der Waals surface area contributed by atoms with Gasteiger partial charge in [-0.15, -0.1) is 0 Å². The Balaban J connectivity index is 3.49. The maximum absolute atomic E-state index is 10.8. The van der Waals surface area contributed by atoms with E-state index in [0.717, 1.165) is 0 Å². The van der Waals surface area contributed by atoms with Crippen LogP contribution in [0.3, 0.4) is 0 Å². The molecule has 0 aliphatic heterocycles. The molecule has 0 aromatic carbocycles. The molecule has 0 aromatic heterocycles. The van der Waals surface area contributed by atoms with Crippen molar-refractivity contribution >= 4 is 15.8 Å². The largest absolute Gasteiger partial charge is 0.481 e. The summed E-state index contributed by atoms with van der Waals surface area (Å²) in [5, 5.41) is 8.41. The minimum Gasteiger partial charge on any atom is -0.481 e. The minimum atomic E-state index is -2.87. The summed E-state index contributed by atoms with van der Waals surface area (Å²) in [4.78, 5) is 12.2. The molecule has 0 aliphatic carbocycles. The molecule has 0 unspecified atom stereocenters. The number of aliphatic carboxylic acids is 1. The lowest BCUT2D eigenvalue weighted by molar-refractivity contribution is -0.137. The lowest BCUT2D eigenvalue weighted by atomic mass is 10.3. The molecule has 5 nitrogen and oxygen atoms in total. The van der Waals surface area contributed by atoms with Crippen LogP contribution in [0.25, 0.3) is 0 Å². The number of nitrogens with zero attached hydrogens (tertiary/aromatic N) is 1. The van der Waals surface area contributed by atoms with Crippen molar-refractivity contribution in [3.05, 3.63) is 0 Å². The van der Waals surface area contributed by atoms with Gasteiger partial charge in [0.15, 0.2) is 0 Å². The molecule has 0 atom stereocenters. The van der Waals surface area contributed by atoms with Crippen LogP contribution in [0.1, 0.15) is 19.3 Å². The fourth-order valence-corrected chi connectivity index (χ4v) is 1.86. The number of carbonyl (C=O) groups is 1. The molecule has 0 saturated heterocycles. The lowest BCUT2D eigenvalue weighted by Gasteiger charge is -2.15. The zero-order valence-corrected chi connectivity index (χ0v) is 10.1. The summed E-state index contributed by atoms with van der Waals surface area (Å²) < 4.78 is 21.6. The number of rotatable bonds is 8. The molecule has 1 N–H and O–H groups in total. The van der Waals surface area contributed by atoms with E-state index in [2.05, 4.69) is 0 Å². The molecule has 15 heavy (non-hydrogen) atoms. The molecule has 0 aliphatic rings. The smallest absolute Gasteiger partial charge is 0.303 e. The van der Waals surface area contributed by atoms with Gasteiger partial charge >= 0.3 is 5.97 Å². The second kappa shape index (κ2) is 6.79. The first-order valence-corrected chi connectivity index (χ1v) is 6.95. The first-order valence-electron chi connectivity index (χ1n) is 4.89. The Morgan fingerprint density at radius 3 is 2.27 bits per heavy atom. The molecule has 0 fully saturated rings. The van der Waals surface area contributed by atoms with Crippen LogP contribution in [0, 0.1) is 0 Å². The monoisotopic (exact) mass is 237 g/mol. The number of hydrogen-bond donors (Lipinski definition) is 1. The summed E-state index contributed by atoms with van der Waals surface area (Å²) in [7, 11) is -1.01. The molecular weight excluding hydrogens is 218 g/mol. The van der Waals surface area contributed by atoms with E-state index in [1.165, 1.54) is 6.26 Å². The Bertz CT molecular complexity index is 286. The quantitative estimate of drug-likeness (QED) is 0.653. The van der Waals surface area contributed by atoms with Crippen LogP contribution in [-0.2, 0) is 14.6 Å². The Labute approximate surface area is 91.0 Å². The number of hydrogen-bond acceptors (Lipinski definition) is 4. The molecule has 0 aromatic rings. The minimum absolute atomic E-state index is 0.163. The van der Waals surface area contributed by atoms with Crippen molar-refractivity contribution in [1.29, 1.82) is 0 Å². The van der Waals surface area contributed by atoms with E-state index >= 15 is 0 Å². The van der Waals surface area contributed by atoms with Gasteiger partial charge < -0.3 is 10.0 Å². The van der Waals surface area contributed by atoms with Gasteiger partial charge in [0.1, 0.15) is 9.84 Å². The van der Waals surface area contributed by atoms with Gasteiger partial charge in [0.05, 0.1) is 5.75 Å². The van der Waals surface area contributed by atoms with E-state index in [0.29, 0.717) is 25.9 Å². The van der Waals surface area contributed by atoms with Gasteiger partial charge in [0.2, 0.25) is 0 Å². The highest BCUT2D eigenvalue weighted by Crippen LogP contribution is 1.96. The van der Waals surface area contributed by atoms with Crippen molar-refractivity contribution in [3.8, 4) is 0 Å². The second-order valence-electron chi connectivity index (χ2n) is 3.78. The molecule has 0 rings (SSSR count). The molecule has 6 heteroatoms. The summed E-state index contributed by atoms with van der Waals surface area (Å²) in [5.74, 6) is -0.601. The first kappa shape index (κ1) is 14.4. The van der Waals surface area contributed by atoms with E-state index < -0.39 is 15.8 Å². The van der Waals surface area contributed by atoms with Crippen LogP contribution in [0.2, 0.25) is 0 Å². The average molecular weight is 237 g/mol. The molecule has 0 heterocycles. The number of carboxylic acids is 1. The predicted molar refractivity (Wildman–Crippen MR) is 58.7 cm³/mol. The highest BCUT2D eigenvalue weighted by Gasteiger charge is 2.04. The van der Waals surface area contributed by atoms with Crippen LogP contribution in [-0.4, -0.2) is 56.5 Å². The number of carboxylic acid groups (broad SMARTS) is 1. The van der Waals surface area contributed by atoms with Crippen molar-refractivity contribution < 1.29 is 18.3 Å². The van der Waals surface area contributed by atoms with Gasteiger partial charge in [-0.3, -0.25) is 4.79 Å². The Morgan fingerprint density at radius 2 is 1.80 bits per heavy atom. The molecule has 0 spiro atoms. The van der Waals surface area contributed by atoms with Crippen molar-refractivity contribution in [3.63, 3.8) is 0 Å². The van der Waals surface area contributed by atoms with Crippen LogP contribution in [0.15, 0.2) is 0 Å². The Morgan fingerprint density at radius 1 is 1.27 bits per heavy atom. The van der Waals surface area contributed by atoms with E-state index in [1.807, 2.05) is 11.9 Å². The van der Waals surface area contributed by atoms with Gasteiger partial charge in [0, 0.05) is 12.7 Å². The molecule has 90 valence electrons. The fraction of sp³-hybridized carbons (Fsp3) is 0.889. The fourth-order valence-electron chi connectivity index (χ4n) is 1.21. The summed E-state index contributed by atoms with van der Waals surface area (Å²) in [5.41, 5.74) is 0. The SMILES string of the molecule is CN(CCCC(=O)O)CCCS(C)(=O)=O. The average Bonchev–Trinajstić information content (AvgIpc) is 2.00. The zero-order chi connectivity index (χ0) is 11.9. The Hall–Kier alpha value is -0.620. The molecule has 0 radical (unpaired) electrons. The summed E-state index contributed by atoms with van der Waals surface area (Å²) in [6.07, 6.45) is 2.58. The van der Waals surface area contributed by atoms with Crippen LogP contribution >= 0.6 is 0 Å². The summed E-state index contributed by atoms with van der Waals surface area (Å²) in [6, 6.07) is 0. The van der Waals surface area contributed by atoms with E-state index in [4.69, 9.17) is 5.11 Å². The van der Waals surface area contributed by atoms with E-state index in [1.54, 1.807) is 0 Å². The normalized spacial score (nSPS) is 11.9. The number of sulfone groups is 1. The maximum atomic E-state index is 10.8. The van der Waals surface area contributed by atoms with Gasteiger partial charge in [-0.25, -0.2) is 8.42 Å². The maximum Gasteiger partial charge on any atom is 0.303 e. The highest BCUT2D eigenvalue weighted by atomic mass is 32.2. The van der Waals surface area contributed by atoms with Gasteiger partial charge in [-0.2, -0.15) is 0 Å². The van der Waals surface area contributed by atoms with Crippen LogP contribution in [0.5, 0.6) is 0 Å². The lowest BCUT2D eigenvalue weighted by Crippen LogP contribution is -2.23. The first-order chi connectivity index (χ1) is 6.81. The topological polar surface area (TPSA) is 74.7 Å². The van der Waals surface area contributed by atoms with Gasteiger partial charge in [0.25, 0.3) is 0 Å². The van der Waals surface area contributed by atoms with Crippen LogP contribution in [0.4, 0.5) is 0 Å². The van der Waals surface area contributed by atoms with Crippen molar-refractivity contribution in [1.82, 2.24) is 4.90 Å². The third kappa shape index (κ3) is 11.3. The van der Waals surface area contributed by atoms with Crippen molar-refractivity contribution in [2.24, 2.45) is 0 Å². The van der Waals surface area contributed by atoms with E-state index in [-0.39, 0.29) is 12.2 Å². The summed E-state index contributed by atoms with van der Waals surface area (Å²) >= 11 is 0. The predicted octanol–water partition coefficient (Wildman–Crippen LogP) is 0.218. The molecular formula is C9H19NO4S. The van der Waals surface area contributed by atoms with E-state index in [9.17, 15) is 13.2 Å². The molecule has 0 bridgehead atoms. The molecule has 0 saturated carbocycles. The highest BCUT2D eigenvalue weighted by molar-refractivity contribution is 7.90.